The first-order valence-electron chi connectivity index (χ1n) is 17.5. The number of ether oxygens (including phenoxy) is 2. The summed E-state index contributed by atoms with van der Waals surface area (Å²) in [6, 6.07) is 15.0. The molecule has 0 aliphatic carbocycles. The van der Waals surface area contributed by atoms with Gasteiger partial charge in [0, 0.05) is 32.1 Å². The Labute approximate surface area is 324 Å². The van der Waals surface area contributed by atoms with Gasteiger partial charge in [0.25, 0.3) is 5.91 Å². The molecule has 7 N–H and O–H groups in total. The minimum atomic E-state index is -3.88. The molecule has 18 nitrogen and oxygen atoms in total. The number of alkyl halides is 2. The number of hydrogen-bond acceptors (Lipinski definition) is 13. The second-order valence-corrected chi connectivity index (χ2v) is 13.7. The van der Waals surface area contributed by atoms with Gasteiger partial charge in [0.2, 0.25) is 18.0 Å². The molecule has 20 heteroatoms. The molecule has 1 aliphatic heterocycles. The average Bonchev–Trinajstić information content (AvgIpc) is 3.39. The van der Waals surface area contributed by atoms with Crippen molar-refractivity contribution in [3.8, 4) is 0 Å². The highest BCUT2D eigenvalue weighted by Gasteiger charge is 2.59. The monoisotopic (exact) mass is 793 g/mol. The number of aliphatic hydroxyl groups is 2. The van der Waals surface area contributed by atoms with Gasteiger partial charge in [0.15, 0.2) is 6.10 Å². The van der Waals surface area contributed by atoms with Crippen LogP contribution in [0.1, 0.15) is 61.5 Å². The Kier molecular flexibility index (Phi) is 13.2. The Hall–Kier alpha value is -6.38. The zero-order valence-corrected chi connectivity index (χ0v) is 31.0. The lowest BCUT2D eigenvalue weighted by molar-refractivity contribution is -0.141. The molecular formula is C37H41F2N9O9. The Bertz CT molecular complexity index is 2130. The van der Waals surface area contributed by atoms with Crippen LogP contribution in [-0.2, 0) is 32.2 Å². The average molecular weight is 794 g/mol. The Balaban J connectivity index is 1.02. The zero-order chi connectivity index (χ0) is 41.3. The first-order valence-corrected chi connectivity index (χ1v) is 17.5. The molecule has 4 aromatic rings. The van der Waals surface area contributed by atoms with Crippen LogP contribution >= 0.6 is 0 Å². The minimum Gasteiger partial charge on any atom is -0.444 e. The summed E-state index contributed by atoms with van der Waals surface area (Å²) in [5, 5.41) is 32.3. The summed E-state index contributed by atoms with van der Waals surface area (Å²) >= 11 is 0. The molecule has 2 aromatic carbocycles. The topological polar surface area (TPSA) is 248 Å². The Morgan fingerprint density at radius 2 is 1.53 bits per heavy atom. The maximum absolute atomic E-state index is 14.4. The molecule has 3 unspecified atom stereocenters. The van der Waals surface area contributed by atoms with E-state index in [-0.39, 0.29) is 30.9 Å². The van der Waals surface area contributed by atoms with Crippen molar-refractivity contribution in [2.24, 2.45) is 0 Å². The number of hydrogen-bond donors (Lipinski definition) is 7. The fraction of sp³-hybridized carbons (Fsp3) is 0.351. The maximum atomic E-state index is 14.4. The number of rotatable bonds is 14. The number of aliphatic hydroxyl groups excluding tert-OH is 2. The molecule has 2 aromatic heterocycles. The summed E-state index contributed by atoms with van der Waals surface area (Å²) in [6.45, 7) is 4.89. The molecule has 1 aliphatic rings. The third-order valence-electron chi connectivity index (χ3n) is 8.17. The number of para-hydroxylation sites is 2. The Morgan fingerprint density at radius 3 is 2.12 bits per heavy atom. The molecule has 0 bridgehead atoms. The van der Waals surface area contributed by atoms with Crippen molar-refractivity contribution in [2.45, 2.75) is 76.7 Å². The standard InChI is InChI=1S/C37H41F2N9O9/c1-36(2,3)57-35(55)45-24-7-5-4-6-23(24)44-32(53)25-18-42-28(19-40-25)41-16-21-8-10-22(11-9-21)17-43-29(50)12-13-30(51)46-27-14-15-48(34(54)47-27)33-37(38,39)31(52)26(20-49)56-33/h4-11,14-15,18-19,26,31,33,49,52H,12-13,16-17,20H2,1-3H3,(H,41,42)(H,43,50)(H,44,53)(H,45,55)(H,46,47,51,54). The van der Waals surface area contributed by atoms with Gasteiger partial charge in [0.1, 0.15) is 29.0 Å². The van der Waals surface area contributed by atoms with Crippen LogP contribution in [0.4, 0.5) is 36.6 Å². The van der Waals surface area contributed by atoms with E-state index in [1.807, 2.05) is 24.3 Å². The molecule has 3 atom stereocenters. The largest absolute Gasteiger partial charge is 0.444 e. The van der Waals surface area contributed by atoms with Gasteiger partial charge in [-0.2, -0.15) is 13.8 Å². The molecule has 57 heavy (non-hydrogen) atoms. The lowest BCUT2D eigenvalue weighted by atomic mass is 10.1. The zero-order valence-electron chi connectivity index (χ0n) is 31.0. The van der Waals surface area contributed by atoms with E-state index >= 15 is 0 Å². The summed E-state index contributed by atoms with van der Waals surface area (Å²) in [5.74, 6) is -5.31. The number of nitrogens with one attached hydrogen (secondary N) is 5. The number of aromatic nitrogens is 4. The quantitative estimate of drug-likeness (QED) is 0.0971. The van der Waals surface area contributed by atoms with Crippen LogP contribution in [0.3, 0.4) is 0 Å². The molecule has 0 spiro atoms. The van der Waals surface area contributed by atoms with Gasteiger partial charge in [-0.25, -0.2) is 19.6 Å². The molecule has 0 radical (unpaired) electrons. The highest BCUT2D eigenvalue weighted by Crippen LogP contribution is 2.42. The lowest BCUT2D eigenvalue weighted by Gasteiger charge is -2.21. The van der Waals surface area contributed by atoms with E-state index in [0.717, 1.165) is 23.4 Å². The second-order valence-electron chi connectivity index (χ2n) is 13.7. The van der Waals surface area contributed by atoms with Crippen molar-refractivity contribution < 1.29 is 47.6 Å². The van der Waals surface area contributed by atoms with Gasteiger partial charge in [-0.15, -0.1) is 0 Å². The number of benzene rings is 2. The Morgan fingerprint density at radius 1 is 0.877 bits per heavy atom. The number of carbonyl (C=O) groups excluding carboxylic acids is 4. The molecule has 5 rings (SSSR count). The predicted molar refractivity (Wildman–Crippen MR) is 200 cm³/mol. The number of halogens is 2. The van der Waals surface area contributed by atoms with Gasteiger partial charge < -0.3 is 41.0 Å². The lowest BCUT2D eigenvalue weighted by Crippen LogP contribution is -2.41. The van der Waals surface area contributed by atoms with Crippen molar-refractivity contribution in [3.63, 3.8) is 0 Å². The fourth-order valence-electron chi connectivity index (χ4n) is 5.31. The van der Waals surface area contributed by atoms with Crippen molar-refractivity contribution >= 4 is 46.8 Å². The van der Waals surface area contributed by atoms with Crippen LogP contribution in [0.5, 0.6) is 0 Å². The van der Waals surface area contributed by atoms with Crippen LogP contribution in [0, 0.1) is 0 Å². The maximum Gasteiger partial charge on any atom is 0.412 e. The van der Waals surface area contributed by atoms with E-state index in [2.05, 4.69) is 41.5 Å². The normalized spacial score (nSPS) is 17.3. The van der Waals surface area contributed by atoms with Gasteiger partial charge >= 0.3 is 17.7 Å². The van der Waals surface area contributed by atoms with E-state index in [1.54, 1.807) is 45.0 Å². The first-order chi connectivity index (χ1) is 27.0. The molecular weight excluding hydrogens is 752 g/mol. The van der Waals surface area contributed by atoms with Crippen LogP contribution in [0.25, 0.3) is 0 Å². The molecule has 1 fully saturated rings. The number of anilines is 4. The number of nitrogens with zero attached hydrogens (tertiary/aromatic N) is 4. The summed E-state index contributed by atoms with van der Waals surface area (Å²) < 4.78 is 39.4. The van der Waals surface area contributed by atoms with Crippen LogP contribution < -0.4 is 32.3 Å². The highest BCUT2D eigenvalue weighted by atomic mass is 19.3. The van der Waals surface area contributed by atoms with E-state index < -0.39 is 66.1 Å². The molecule has 3 heterocycles. The van der Waals surface area contributed by atoms with Crippen LogP contribution in [0.2, 0.25) is 0 Å². The van der Waals surface area contributed by atoms with Crippen LogP contribution in [-0.4, -0.2) is 83.9 Å². The predicted octanol–water partition coefficient (Wildman–Crippen LogP) is 3.17. The van der Waals surface area contributed by atoms with Crippen molar-refractivity contribution in [2.75, 3.05) is 27.9 Å². The van der Waals surface area contributed by atoms with E-state index in [1.165, 1.54) is 12.4 Å². The third-order valence-corrected chi connectivity index (χ3v) is 8.17. The van der Waals surface area contributed by atoms with Crippen LogP contribution in [0.15, 0.2) is 78.0 Å². The fourth-order valence-corrected chi connectivity index (χ4v) is 5.31. The number of amides is 4. The number of carbonyl (C=O) groups is 4. The SMILES string of the molecule is CC(C)(C)OC(=O)Nc1ccccc1NC(=O)c1cnc(NCc2ccc(CNC(=O)CCC(=O)Nc3ccn(C4OC(CO)C(O)C4(F)F)c(=O)n3)cc2)cn1. The van der Waals surface area contributed by atoms with Crippen molar-refractivity contribution in [1.29, 1.82) is 0 Å². The summed E-state index contributed by atoms with van der Waals surface area (Å²) in [4.78, 5) is 74.2. The van der Waals surface area contributed by atoms with E-state index in [0.29, 0.717) is 28.3 Å². The molecule has 0 saturated carbocycles. The third kappa shape index (κ3) is 11.3. The summed E-state index contributed by atoms with van der Waals surface area (Å²) in [7, 11) is 0. The molecule has 302 valence electrons. The van der Waals surface area contributed by atoms with E-state index in [4.69, 9.17) is 14.6 Å². The smallest absolute Gasteiger partial charge is 0.412 e. The highest BCUT2D eigenvalue weighted by molar-refractivity contribution is 6.05. The van der Waals surface area contributed by atoms with Gasteiger partial charge in [-0.05, 0) is 50.1 Å². The molecule has 1 saturated heterocycles. The van der Waals surface area contributed by atoms with Crippen molar-refractivity contribution in [3.05, 3.63) is 100 Å². The summed E-state index contributed by atoms with van der Waals surface area (Å²) in [6.07, 6.45) is -3.62. The minimum absolute atomic E-state index is 0.0481. The van der Waals surface area contributed by atoms with Gasteiger partial charge in [0.05, 0.1) is 30.4 Å². The second kappa shape index (κ2) is 18.0. The first kappa shape index (κ1) is 41.8. The van der Waals surface area contributed by atoms with Gasteiger partial charge in [-0.1, -0.05) is 36.4 Å². The van der Waals surface area contributed by atoms with Crippen molar-refractivity contribution in [1.82, 2.24) is 24.8 Å². The van der Waals surface area contributed by atoms with Gasteiger partial charge in [-0.3, -0.25) is 24.3 Å². The summed E-state index contributed by atoms with van der Waals surface area (Å²) in [5.41, 5.74) is 0.525. The molecule has 4 amide bonds. The van der Waals surface area contributed by atoms with E-state index in [9.17, 15) is 37.9 Å².